The first kappa shape index (κ1) is 24.3. The van der Waals surface area contributed by atoms with E-state index in [0.29, 0.717) is 32.4 Å². The maximum atomic E-state index is 12.0. The van der Waals surface area contributed by atoms with Crippen LogP contribution in [0.1, 0.15) is 51.9 Å². The molecule has 170 valence electrons. The molecule has 0 fully saturated rings. The summed E-state index contributed by atoms with van der Waals surface area (Å²) in [5.74, 6) is -0.699. The zero-order chi connectivity index (χ0) is 22.8. The van der Waals surface area contributed by atoms with E-state index in [9.17, 15) is 14.7 Å². The zero-order valence-electron chi connectivity index (χ0n) is 18.4. The number of nitrogens with zero attached hydrogens (tertiary/aromatic N) is 4. The third kappa shape index (κ3) is 7.04. The predicted octanol–water partition coefficient (Wildman–Crippen LogP) is 1.70. The molecule has 0 aliphatic carbocycles. The van der Waals surface area contributed by atoms with Gasteiger partial charge in [0.2, 0.25) is 5.69 Å². The van der Waals surface area contributed by atoms with E-state index in [1.165, 1.54) is 18.9 Å². The molecular formula is C21H30N4O6. The highest BCUT2D eigenvalue weighted by molar-refractivity contribution is 6.00. The van der Waals surface area contributed by atoms with Gasteiger partial charge in [-0.1, -0.05) is 17.3 Å². The van der Waals surface area contributed by atoms with Gasteiger partial charge in [0, 0.05) is 13.1 Å². The number of aromatic nitrogens is 3. The smallest absolute Gasteiger partial charge is 0.361 e. The molecule has 0 radical (unpaired) electrons. The number of aliphatic hydroxyl groups is 1. The standard InChI is InChI=1S/C21H30N4O6/c1-24(2)13-14-31-16-10-8-15(9-11-16)17(26)7-5-6-12-25-19(21(28)30-4)18(22-23-25)20(27)29-3/h8-11,17,26H,5-7,12-14H2,1-4H3. The summed E-state index contributed by atoms with van der Waals surface area (Å²) in [4.78, 5) is 25.8. The number of aryl methyl sites for hydroxylation is 1. The number of likely N-dealkylation sites (N-methyl/N-ethyl adjacent to an activating group) is 1. The quantitative estimate of drug-likeness (QED) is 0.393. The lowest BCUT2D eigenvalue weighted by Gasteiger charge is -2.13. The monoisotopic (exact) mass is 434 g/mol. The number of hydrogen-bond acceptors (Lipinski definition) is 9. The predicted molar refractivity (Wildman–Crippen MR) is 112 cm³/mol. The number of carbonyl (C=O) groups is 2. The Hall–Kier alpha value is -2.98. The van der Waals surface area contributed by atoms with Crippen molar-refractivity contribution in [3.05, 3.63) is 41.2 Å². The van der Waals surface area contributed by atoms with Crippen LogP contribution in [0.2, 0.25) is 0 Å². The summed E-state index contributed by atoms with van der Waals surface area (Å²) in [6.45, 7) is 1.78. The number of esters is 2. The van der Waals surface area contributed by atoms with E-state index in [1.54, 1.807) is 0 Å². The lowest BCUT2D eigenvalue weighted by Crippen LogP contribution is -2.19. The Labute approximate surface area is 181 Å². The average Bonchev–Trinajstić information content (AvgIpc) is 3.19. The molecule has 1 aromatic heterocycles. The second-order valence-corrected chi connectivity index (χ2v) is 7.23. The summed E-state index contributed by atoms with van der Waals surface area (Å²) in [6, 6.07) is 7.40. The van der Waals surface area contributed by atoms with Gasteiger partial charge in [-0.2, -0.15) is 0 Å². The molecule has 1 atom stereocenters. The van der Waals surface area contributed by atoms with Crippen LogP contribution in [0.3, 0.4) is 0 Å². The van der Waals surface area contributed by atoms with E-state index in [0.717, 1.165) is 17.9 Å². The van der Waals surface area contributed by atoms with E-state index in [2.05, 4.69) is 15.0 Å². The van der Waals surface area contributed by atoms with Gasteiger partial charge in [-0.05, 0) is 51.1 Å². The summed E-state index contributed by atoms with van der Waals surface area (Å²) >= 11 is 0. The Morgan fingerprint density at radius 1 is 1.10 bits per heavy atom. The Balaban J connectivity index is 1.85. The van der Waals surface area contributed by atoms with Gasteiger partial charge in [-0.25, -0.2) is 14.3 Å². The third-order valence-corrected chi connectivity index (χ3v) is 4.66. The van der Waals surface area contributed by atoms with Gasteiger partial charge in [-0.3, -0.25) is 0 Å². The van der Waals surface area contributed by atoms with E-state index in [4.69, 9.17) is 9.47 Å². The first-order chi connectivity index (χ1) is 14.9. The zero-order valence-corrected chi connectivity index (χ0v) is 18.4. The van der Waals surface area contributed by atoms with Crippen molar-refractivity contribution in [2.45, 2.75) is 31.9 Å². The largest absolute Gasteiger partial charge is 0.492 e. The molecule has 31 heavy (non-hydrogen) atoms. The molecule has 2 aromatic rings. The summed E-state index contributed by atoms with van der Waals surface area (Å²) in [7, 11) is 6.39. The molecule has 1 N–H and O–H groups in total. The highest BCUT2D eigenvalue weighted by Crippen LogP contribution is 2.22. The number of ether oxygens (including phenoxy) is 3. The Kier molecular flexibility index (Phi) is 9.41. The van der Waals surface area contributed by atoms with Crippen molar-refractivity contribution in [3.63, 3.8) is 0 Å². The average molecular weight is 434 g/mol. The van der Waals surface area contributed by atoms with Crippen LogP contribution < -0.4 is 4.74 Å². The molecule has 1 unspecified atom stereocenters. The molecule has 2 rings (SSSR count). The molecule has 0 aliphatic rings. The molecule has 0 saturated carbocycles. The first-order valence-electron chi connectivity index (χ1n) is 10.0. The normalized spacial score (nSPS) is 11.9. The Bertz CT molecular complexity index is 850. The molecule has 1 heterocycles. The van der Waals surface area contributed by atoms with Crippen LogP contribution in [0, 0.1) is 0 Å². The van der Waals surface area contributed by atoms with Crippen molar-refractivity contribution in [3.8, 4) is 5.75 Å². The molecule has 1 aromatic carbocycles. The molecule has 10 nitrogen and oxygen atoms in total. The van der Waals surface area contributed by atoms with Crippen LogP contribution in [0.4, 0.5) is 0 Å². The van der Waals surface area contributed by atoms with Gasteiger partial charge in [0.1, 0.15) is 12.4 Å². The van der Waals surface area contributed by atoms with Crippen molar-refractivity contribution < 1.29 is 28.9 Å². The fourth-order valence-electron chi connectivity index (χ4n) is 2.90. The maximum Gasteiger partial charge on any atom is 0.361 e. The Morgan fingerprint density at radius 3 is 2.39 bits per heavy atom. The summed E-state index contributed by atoms with van der Waals surface area (Å²) in [6.07, 6.45) is 1.22. The van der Waals surface area contributed by atoms with E-state index in [1.807, 2.05) is 43.3 Å². The van der Waals surface area contributed by atoms with E-state index < -0.39 is 18.0 Å². The van der Waals surface area contributed by atoms with Gasteiger partial charge < -0.3 is 24.2 Å². The van der Waals surface area contributed by atoms with Crippen LogP contribution >= 0.6 is 0 Å². The lowest BCUT2D eigenvalue weighted by molar-refractivity contribution is 0.0543. The van der Waals surface area contributed by atoms with Crippen molar-refractivity contribution in [1.82, 2.24) is 19.9 Å². The summed E-state index contributed by atoms with van der Waals surface area (Å²) in [5, 5.41) is 18.0. The maximum absolute atomic E-state index is 12.0. The van der Waals surface area contributed by atoms with Crippen LogP contribution in [-0.4, -0.2) is 78.4 Å². The minimum Gasteiger partial charge on any atom is -0.492 e. The van der Waals surface area contributed by atoms with Crippen LogP contribution in [0.15, 0.2) is 24.3 Å². The van der Waals surface area contributed by atoms with Crippen molar-refractivity contribution >= 4 is 11.9 Å². The van der Waals surface area contributed by atoms with Gasteiger partial charge in [0.25, 0.3) is 0 Å². The second-order valence-electron chi connectivity index (χ2n) is 7.23. The van der Waals surface area contributed by atoms with Gasteiger partial charge in [0.15, 0.2) is 5.69 Å². The van der Waals surface area contributed by atoms with Crippen molar-refractivity contribution in [1.29, 1.82) is 0 Å². The molecular weight excluding hydrogens is 404 g/mol. The molecule has 10 heteroatoms. The summed E-state index contributed by atoms with van der Waals surface area (Å²) in [5.41, 5.74) is 0.589. The molecule has 0 bridgehead atoms. The first-order valence-corrected chi connectivity index (χ1v) is 10.0. The third-order valence-electron chi connectivity index (χ3n) is 4.66. The minimum atomic E-state index is -0.754. The lowest BCUT2D eigenvalue weighted by atomic mass is 10.0. The van der Waals surface area contributed by atoms with Crippen molar-refractivity contribution in [2.24, 2.45) is 0 Å². The highest BCUT2D eigenvalue weighted by Gasteiger charge is 2.26. The van der Waals surface area contributed by atoms with E-state index in [-0.39, 0.29) is 11.4 Å². The number of aliphatic hydroxyl groups excluding tert-OH is 1. The fourth-order valence-corrected chi connectivity index (χ4v) is 2.90. The number of methoxy groups -OCH3 is 2. The molecule has 0 aliphatic heterocycles. The van der Waals surface area contributed by atoms with Crippen LogP contribution in [0.25, 0.3) is 0 Å². The SMILES string of the molecule is COC(=O)c1nnn(CCCCC(O)c2ccc(OCCN(C)C)cc2)c1C(=O)OC. The number of rotatable bonds is 12. The molecule has 0 spiro atoms. The highest BCUT2D eigenvalue weighted by atomic mass is 16.5. The molecule has 0 amide bonds. The fraction of sp³-hybridized carbons (Fsp3) is 0.524. The number of hydrogen-bond donors (Lipinski definition) is 1. The number of carbonyl (C=O) groups excluding carboxylic acids is 2. The van der Waals surface area contributed by atoms with Gasteiger partial charge in [-0.15, -0.1) is 5.10 Å². The Morgan fingerprint density at radius 2 is 1.77 bits per heavy atom. The van der Waals surface area contributed by atoms with Gasteiger partial charge in [0.05, 0.1) is 20.3 Å². The van der Waals surface area contributed by atoms with Crippen LogP contribution in [-0.2, 0) is 16.0 Å². The van der Waals surface area contributed by atoms with E-state index >= 15 is 0 Å². The topological polar surface area (TPSA) is 116 Å². The van der Waals surface area contributed by atoms with Gasteiger partial charge >= 0.3 is 11.9 Å². The minimum absolute atomic E-state index is 0.0419. The number of benzene rings is 1. The summed E-state index contributed by atoms with van der Waals surface area (Å²) < 4.78 is 16.3. The van der Waals surface area contributed by atoms with Crippen LogP contribution in [0.5, 0.6) is 5.75 Å². The van der Waals surface area contributed by atoms with Crippen molar-refractivity contribution in [2.75, 3.05) is 41.5 Å². The second kappa shape index (κ2) is 12.0. The molecule has 0 saturated heterocycles. The number of unbranched alkanes of at least 4 members (excludes halogenated alkanes) is 1.